The molecule has 0 nitrogen and oxygen atoms in total. The van der Waals surface area contributed by atoms with Gasteiger partial charge in [0.25, 0.3) is 0 Å². The van der Waals surface area contributed by atoms with E-state index in [1.54, 1.807) is 6.08 Å². The second-order valence-electron chi connectivity index (χ2n) is 4.50. The Hall–Kier alpha value is 0.440. The van der Waals surface area contributed by atoms with Gasteiger partial charge < -0.3 is 0 Å². The Morgan fingerprint density at radius 2 is 1.37 bits per heavy atom. The van der Waals surface area contributed by atoms with Gasteiger partial charge in [-0.1, -0.05) is 76.7 Å². The van der Waals surface area contributed by atoms with E-state index in [2.05, 4.69) is 0 Å². The fourth-order valence-electron chi connectivity index (χ4n) is 2.48. The summed E-state index contributed by atoms with van der Waals surface area (Å²) in [6, 6.07) is 9.44. The third-order valence-electron chi connectivity index (χ3n) is 3.50. The molecule has 2 aliphatic rings. The van der Waals surface area contributed by atoms with Crippen molar-refractivity contribution in [2.45, 2.75) is 14.1 Å². The van der Waals surface area contributed by atoms with Crippen LogP contribution in [0.1, 0.15) is 5.56 Å². The van der Waals surface area contributed by atoms with Crippen molar-refractivity contribution in [2.24, 2.45) is 0 Å². The van der Waals surface area contributed by atoms with Crippen LogP contribution in [0.5, 0.6) is 0 Å². The maximum Gasteiger partial charge on any atom is 0.173 e. The summed E-state index contributed by atoms with van der Waals surface area (Å²) in [4.78, 5) is -2.64. The second-order valence-corrected chi connectivity index (χ2v) is 7.74. The van der Waals surface area contributed by atoms with Gasteiger partial charge in [0, 0.05) is 0 Å². The number of hydrogen-bond acceptors (Lipinski definition) is 0. The highest BCUT2D eigenvalue weighted by atomic mass is 35.5. The van der Waals surface area contributed by atoms with E-state index in [9.17, 15) is 0 Å². The van der Waals surface area contributed by atoms with Gasteiger partial charge in [-0.05, 0) is 17.2 Å². The molecule has 0 spiro atoms. The predicted octanol–water partition coefficient (Wildman–Crippen LogP) is 5.92. The summed E-state index contributed by atoms with van der Waals surface area (Å²) in [5.74, 6) is 0. The largest absolute Gasteiger partial charge is 0.173 e. The number of halogens is 6. The lowest BCUT2D eigenvalue weighted by Gasteiger charge is -2.33. The molecule has 2 aliphatic carbocycles. The Labute approximate surface area is 140 Å². The van der Waals surface area contributed by atoms with Crippen molar-refractivity contribution >= 4 is 75.2 Å². The molecule has 1 aromatic carbocycles. The molecule has 0 radical (unpaired) electrons. The van der Waals surface area contributed by atoms with E-state index >= 15 is 0 Å². The van der Waals surface area contributed by atoms with Crippen molar-refractivity contribution in [1.82, 2.24) is 0 Å². The minimum atomic E-state index is -1.54. The average Bonchev–Trinajstić information content (AvgIpc) is 2.62. The highest BCUT2D eigenvalue weighted by Gasteiger charge is 2.75. The first-order chi connectivity index (χ1) is 8.77. The van der Waals surface area contributed by atoms with Crippen LogP contribution in [0.15, 0.2) is 46.5 Å². The average molecular weight is 375 g/mol. The fraction of sp³-hybridized carbons (Fsp3) is 0.231. The lowest BCUT2D eigenvalue weighted by Crippen LogP contribution is -2.44. The van der Waals surface area contributed by atoms with Crippen LogP contribution in [0.25, 0.3) is 5.57 Å². The van der Waals surface area contributed by atoms with Crippen molar-refractivity contribution in [3.05, 3.63) is 52.0 Å². The smallest absolute Gasteiger partial charge is 0.105 e. The topological polar surface area (TPSA) is 0 Å². The van der Waals surface area contributed by atoms with Gasteiger partial charge in [-0.2, -0.15) is 0 Å². The molecule has 0 amide bonds. The Morgan fingerprint density at radius 3 is 1.84 bits per heavy atom. The molecule has 0 saturated carbocycles. The summed E-state index contributed by atoms with van der Waals surface area (Å²) in [5, 5.41) is 0.354. The first kappa shape index (κ1) is 14.4. The van der Waals surface area contributed by atoms with Crippen LogP contribution >= 0.6 is 69.6 Å². The summed E-state index contributed by atoms with van der Waals surface area (Å²) < 4.78 is -1.54. The van der Waals surface area contributed by atoms with Crippen LogP contribution in [0.3, 0.4) is 0 Å². The first-order valence-electron chi connectivity index (χ1n) is 5.37. The maximum atomic E-state index is 6.63. The zero-order chi connectivity index (χ0) is 14.1. The Balaban J connectivity index is 2.27. The van der Waals surface area contributed by atoms with Crippen molar-refractivity contribution in [3.8, 4) is 0 Å². The second kappa shape index (κ2) is 4.22. The molecule has 0 aromatic heterocycles. The summed E-state index contributed by atoms with van der Waals surface area (Å²) in [5.41, 5.74) is 1.53. The first-order valence-corrected chi connectivity index (χ1v) is 7.64. The van der Waals surface area contributed by atoms with E-state index in [-0.39, 0.29) is 10.1 Å². The SMILES string of the molecule is ClC1=C(Cl)[C@@]2(Cl)C=C(c3ccccc3)[C@]1(Cl)C2(Cl)Cl. The van der Waals surface area contributed by atoms with Crippen LogP contribution in [-0.4, -0.2) is 14.1 Å². The number of hydrogen-bond donors (Lipinski definition) is 0. The maximum absolute atomic E-state index is 6.63. The van der Waals surface area contributed by atoms with Gasteiger partial charge in [-0.3, -0.25) is 0 Å². The number of fused-ring (bicyclic) bond motifs is 2. The van der Waals surface area contributed by atoms with E-state index in [0.717, 1.165) is 5.56 Å². The molecule has 0 unspecified atom stereocenters. The summed E-state index contributed by atoms with van der Waals surface area (Å²) in [7, 11) is 0. The standard InChI is InChI=1S/C13H6Cl6/c14-9-10(15)12(17)8(7-4-2-1-3-5-7)6-11(9,16)13(12,18)19/h1-6H/t11-,12+/m0/s1. The molecule has 0 saturated heterocycles. The zero-order valence-corrected chi connectivity index (χ0v) is 13.8. The molecule has 0 N–H and O–H groups in total. The summed E-state index contributed by atoms with van der Waals surface area (Å²) in [6.07, 6.45) is 1.69. The van der Waals surface area contributed by atoms with Gasteiger partial charge >= 0.3 is 0 Å². The fourth-order valence-corrected chi connectivity index (χ4v) is 4.99. The Kier molecular flexibility index (Phi) is 3.20. The molecule has 1 aromatic rings. The molecular weight excluding hydrogens is 369 g/mol. The van der Waals surface area contributed by atoms with Crippen LogP contribution in [-0.2, 0) is 0 Å². The van der Waals surface area contributed by atoms with Gasteiger partial charge in [0.05, 0.1) is 10.1 Å². The molecule has 100 valence electrons. The molecule has 0 fully saturated rings. The van der Waals surface area contributed by atoms with Crippen molar-refractivity contribution in [2.75, 3.05) is 0 Å². The van der Waals surface area contributed by atoms with E-state index in [1.807, 2.05) is 30.3 Å². The molecule has 6 heteroatoms. The van der Waals surface area contributed by atoms with Gasteiger partial charge in [0.1, 0.15) is 9.75 Å². The number of allylic oxidation sites excluding steroid dienone is 4. The normalized spacial score (nSPS) is 35.8. The lowest BCUT2D eigenvalue weighted by atomic mass is 9.94. The van der Waals surface area contributed by atoms with Crippen molar-refractivity contribution in [1.29, 1.82) is 0 Å². The number of alkyl halides is 4. The van der Waals surface area contributed by atoms with Gasteiger partial charge in [0.2, 0.25) is 0 Å². The van der Waals surface area contributed by atoms with Crippen molar-refractivity contribution < 1.29 is 0 Å². The Bertz CT molecular complexity index is 617. The molecule has 19 heavy (non-hydrogen) atoms. The predicted molar refractivity (Wildman–Crippen MR) is 84.8 cm³/mol. The highest BCUT2D eigenvalue weighted by molar-refractivity contribution is 6.68. The molecule has 2 bridgehead atoms. The number of rotatable bonds is 1. The minimum absolute atomic E-state index is 0.176. The van der Waals surface area contributed by atoms with Gasteiger partial charge in [0.15, 0.2) is 4.33 Å². The monoisotopic (exact) mass is 372 g/mol. The quantitative estimate of drug-likeness (QED) is 0.535. The molecule has 3 rings (SSSR count). The number of benzene rings is 1. The molecule has 2 atom stereocenters. The highest BCUT2D eigenvalue weighted by Crippen LogP contribution is 2.73. The lowest BCUT2D eigenvalue weighted by molar-refractivity contribution is 0.724. The third kappa shape index (κ3) is 1.51. The Morgan fingerprint density at radius 1 is 0.789 bits per heavy atom. The molecular formula is C13H6Cl6. The van der Waals surface area contributed by atoms with Crippen molar-refractivity contribution in [3.63, 3.8) is 0 Å². The van der Waals surface area contributed by atoms with E-state index < -0.39 is 14.1 Å². The van der Waals surface area contributed by atoms with E-state index in [4.69, 9.17) is 69.6 Å². The molecule has 0 heterocycles. The van der Waals surface area contributed by atoms with Crippen LogP contribution in [0.2, 0.25) is 0 Å². The van der Waals surface area contributed by atoms with Crippen LogP contribution in [0.4, 0.5) is 0 Å². The zero-order valence-electron chi connectivity index (χ0n) is 9.23. The van der Waals surface area contributed by atoms with E-state index in [1.165, 1.54) is 0 Å². The van der Waals surface area contributed by atoms with E-state index in [0.29, 0.717) is 5.57 Å². The summed E-state index contributed by atoms with van der Waals surface area (Å²) >= 11 is 38.3. The van der Waals surface area contributed by atoms with Gasteiger partial charge in [-0.15, -0.1) is 23.2 Å². The van der Waals surface area contributed by atoms with Crippen LogP contribution < -0.4 is 0 Å². The van der Waals surface area contributed by atoms with Crippen LogP contribution in [0, 0.1) is 0 Å². The summed E-state index contributed by atoms with van der Waals surface area (Å²) in [6.45, 7) is 0. The minimum Gasteiger partial charge on any atom is -0.105 e. The third-order valence-corrected chi connectivity index (χ3v) is 7.56. The van der Waals surface area contributed by atoms with Gasteiger partial charge in [-0.25, -0.2) is 0 Å². The molecule has 0 aliphatic heterocycles.